The summed E-state index contributed by atoms with van der Waals surface area (Å²) >= 11 is 0. The minimum absolute atomic E-state index is 0.105. The Kier molecular flexibility index (Phi) is 24.4. The van der Waals surface area contributed by atoms with Gasteiger partial charge in [0.25, 0.3) is 0 Å². The third-order valence-electron chi connectivity index (χ3n) is 5.08. The first-order valence-electron chi connectivity index (χ1n) is 12.2. The first-order chi connectivity index (χ1) is 14.3. The van der Waals surface area contributed by atoms with Crippen LogP contribution in [0.5, 0.6) is 0 Å². The maximum atomic E-state index is 11.6. The van der Waals surface area contributed by atoms with E-state index in [1.54, 1.807) is 6.08 Å². The molecule has 0 aliphatic heterocycles. The van der Waals surface area contributed by atoms with Gasteiger partial charge in [-0.2, -0.15) is 0 Å². The summed E-state index contributed by atoms with van der Waals surface area (Å²) in [5, 5.41) is 0. The second kappa shape index (κ2) is 25.2. The van der Waals surface area contributed by atoms with E-state index in [-0.39, 0.29) is 5.97 Å². The van der Waals surface area contributed by atoms with E-state index in [0.717, 1.165) is 12.8 Å². The SMILES string of the molecule is C=CCOCCOCCOC(=O)CCCCCCCCCCCCCCCCC. The quantitative estimate of drug-likeness (QED) is 0.0971. The molecule has 172 valence electrons. The smallest absolute Gasteiger partial charge is 0.305 e. The van der Waals surface area contributed by atoms with Gasteiger partial charge in [0.05, 0.1) is 26.4 Å². The van der Waals surface area contributed by atoms with Crippen molar-refractivity contribution in [2.24, 2.45) is 0 Å². The summed E-state index contributed by atoms with van der Waals surface area (Å²) < 4.78 is 15.7. The minimum Gasteiger partial charge on any atom is -0.463 e. The summed E-state index contributed by atoms with van der Waals surface area (Å²) in [6, 6.07) is 0. The van der Waals surface area contributed by atoms with Gasteiger partial charge in [0.2, 0.25) is 0 Å². The molecule has 0 spiro atoms. The number of hydrogen-bond acceptors (Lipinski definition) is 4. The first kappa shape index (κ1) is 28.1. The maximum absolute atomic E-state index is 11.6. The zero-order valence-electron chi connectivity index (χ0n) is 19.3. The van der Waals surface area contributed by atoms with Crippen molar-refractivity contribution in [1.29, 1.82) is 0 Å². The molecule has 0 radical (unpaired) electrons. The van der Waals surface area contributed by atoms with Gasteiger partial charge < -0.3 is 14.2 Å². The molecule has 0 aromatic carbocycles. The molecular formula is C25H48O4. The third-order valence-corrected chi connectivity index (χ3v) is 5.08. The highest BCUT2D eigenvalue weighted by Crippen LogP contribution is 2.13. The Morgan fingerprint density at radius 3 is 1.62 bits per heavy atom. The molecule has 0 fully saturated rings. The van der Waals surface area contributed by atoms with Gasteiger partial charge in [-0.1, -0.05) is 103 Å². The molecule has 0 unspecified atom stereocenters. The van der Waals surface area contributed by atoms with Gasteiger partial charge in [0.15, 0.2) is 0 Å². The van der Waals surface area contributed by atoms with Crippen molar-refractivity contribution in [2.75, 3.05) is 33.0 Å². The van der Waals surface area contributed by atoms with Crippen molar-refractivity contribution in [3.8, 4) is 0 Å². The molecule has 0 heterocycles. The minimum atomic E-state index is -0.105. The lowest BCUT2D eigenvalue weighted by atomic mass is 10.0. The summed E-state index contributed by atoms with van der Waals surface area (Å²) in [6.07, 6.45) is 22.2. The molecule has 0 bridgehead atoms. The summed E-state index contributed by atoms with van der Waals surface area (Å²) in [4.78, 5) is 11.6. The average Bonchev–Trinajstić information content (AvgIpc) is 2.72. The molecule has 0 aliphatic carbocycles. The maximum Gasteiger partial charge on any atom is 0.305 e. The van der Waals surface area contributed by atoms with E-state index in [0.29, 0.717) is 39.5 Å². The number of carbonyl (C=O) groups excluding carboxylic acids is 1. The molecule has 0 N–H and O–H groups in total. The molecule has 0 saturated carbocycles. The molecule has 4 nitrogen and oxygen atoms in total. The number of esters is 1. The molecule has 0 atom stereocenters. The molecule has 0 amide bonds. The number of ether oxygens (including phenoxy) is 3. The summed E-state index contributed by atoms with van der Waals surface area (Å²) in [5.41, 5.74) is 0. The second-order valence-corrected chi connectivity index (χ2v) is 7.90. The van der Waals surface area contributed by atoms with Crippen LogP contribution in [0.25, 0.3) is 0 Å². The van der Waals surface area contributed by atoms with E-state index >= 15 is 0 Å². The van der Waals surface area contributed by atoms with Crippen molar-refractivity contribution < 1.29 is 19.0 Å². The van der Waals surface area contributed by atoms with Crippen LogP contribution >= 0.6 is 0 Å². The van der Waals surface area contributed by atoms with Crippen molar-refractivity contribution in [1.82, 2.24) is 0 Å². The van der Waals surface area contributed by atoms with Gasteiger partial charge in [0.1, 0.15) is 6.61 Å². The fourth-order valence-corrected chi connectivity index (χ4v) is 3.31. The molecule has 4 heteroatoms. The lowest BCUT2D eigenvalue weighted by Gasteiger charge is -2.06. The Balaban J connectivity index is 3.13. The fraction of sp³-hybridized carbons (Fsp3) is 0.880. The standard InChI is InChI=1S/C25H48O4/c1-3-5-6-7-8-9-10-11-12-13-14-15-16-17-18-19-25(26)29-24-23-28-22-21-27-20-4-2/h4H,2-3,5-24H2,1H3. The van der Waals surface area contributed by atoms with Crippen molar-refractivity contribution in [2.45, 2.75) is 110 Å². The summed E-state index contributed by atoms with van der Waals surface area (Å²) in [7, 11) is 0. The van der Waals surface area contributed by atoms with Gasteiger partial charge in [-0.15, -0.1) is 6.58 Å². The zero-order valence-corrected chi connectivity index (χ0v) is 19.3. The number of unbranched alkanes of at least 4 members (excludes halogenated alkanes) is 14. The number of carbonyl (C=O) groups is 1. The van der Waals surface area contributed by atoms with Crippen LogP contribution in [0, 0.1) is 0 Å². The lowest BCUT2D eigenvalue weighted by Crippen LogP contribution is -2.12. The molecule has 29 heavy (non-hydrogen) atoms. The highest BCUT2D eigenvalue weighted by molar-refractivity contribution is 5.69. The Hall–Kier alpha value is -0.870. The Morgan fingerprint density at radius 2 is 1.10 bits per heavy atom. The zero-order chi connectivity index (χ0) is 21.3. The molecule has 0 aromatic heterocycles. The van der Waals surface area contributed by atoms with Gasteiger partial charge in [-0.3, -0.25) is 4.79 Å². The first-order valence-corrected chi connectivity index (χ1v) is 12.2. The van der Waals surface area contributed by atoms with Crippen molar-refractivity contribution in [3.63, 3.8) is 0 Å². The Morgan fingerprint density at radius 1 is 0.655 bits per heavy atom. The summed E-state index contributed by atoms with van der Waals surface area (Å²) in [5.74, 6) is -0.105. The monoisotopic (exact) mass is 412 g/mol. The van der Waals surface area contributed by atoms with Gasteiger partial charge in [0, 0.05) is 6.42 Å². The fourth-order valence-electron chi connectivity index (χ4n) is 3.31. The van der Waals surface area contributed by atoms with Crippen molar-refractivity contribution in [3.05, 3.63) is 12.7 Å². The van der Waals surface area contributed by atoms with Crippen LogP contribution in [0.4, 0.5) is 0 Å². The van der Waals surface area contributed by atoms with E-state index in [4.69, 9.17) is 14.2 Å². The third kappa shape index (κ3) is 25.1. The lowest BCUT2D eigenvalue weighted by molar-refractivity contribution is -0.145. The van der Waals surface area contributed by atoms with Gasteiger partial charge in [-0.05, 0) is 6.42 Å². The van der Waals surface area contributed by atoms with E-state index in [2.05, 4.69) is 13.5 Å². The van der Waals surface area contributed by atoms with E-state index in [1.165, 1.54) is 83.5 Å². The molecule has 0 aliphatic rings. The van der Waals surface area contributed by atoms with Crippen LogP contribution in [0.2, 0.25) is 0 Å². The topological polar surface area (TPSA) is 44.8 Å². The van der Waals surface area contributed by atoms with E-state index in [1.807, 2.05) is 0 Å². The molecule has 0 rings (SSSR count). The van der Waals surface area contributed by atoms with Crippen LogP contribution in [0.1, 0.15) is 110 Å². The van der Waals surface area contributed by atoms with E-state index in [9.17, 15) is 4.79 Å². The number of hydrogen-bond donors (Lipinski definition) is 0. The van der Waals surface area contributed by atoms with Crippen LogP contribution in [-0.4, -0.2) is 39.0 Å². The summed E-state index contributed by atoms with van der Waals surface area (Å²) in [6.45, 7) is 8.21. The van der Waals surface area contributed by atoms with Crippen LogP contribution in [0.15, 0.2) is 12.7 Å². The molecular weight excluding hydrogens is 364 g/mol. The Bertz CT molecular complexity index is 344. The van der Waals surface area contributed by atoms with Crippen LogP contribution in [-0.2, 0) is 19.0 Å². The average molecular weight is 413 g/mol. The number of rotatable bonds is 24. The van der Waals surface area contributed by atoms with Crippen LogP contribution < -0.4 is 0 Å². The van der Waals surface area contributed by atoms with Gasteiger partial charge in [-0.25, -0.2) is 0 Å². The van der Waals surface area contributed by atoms with Crippen LogP contribution in [0.3, 0.4) is 0 Å². The Labute approximate surface area is 180 Å². The largest absolute Gasteiger partial charge is 0.463 e. The predicted molar refractivity (Wildman–Crippen MR) is 122 cm³/mol. The van der Waals surface area contributed by atoms with Crippen molar-refractivity contribution >= 4 is 5.97 Å². The second-order valence-electron chi connectivity index (χ2n) is 7.90. The van der Waals surface area contributed by atoms with E-state index < -0.39 is 0 Å². The predicted octanol–water partition coefficient (Wildman–Crippen LogP) is 7.01. The highest BCUT2D eigenvalue weighted by Gasteiger charge is 2.02. The highest BCUT2D eigenvalue weighted by atomic mass is 16.6. The van der Waals surface area contributed by atoms with Gasteiger partial charge >= 0.3 is 5.97 Å². The molecule has 0 saturated heterocycles. The molecule has 0 aromatic rings. The normalized spacial score (nSPS) is 10.9.